The Kier molecular flexibility index (Phi) is 6.27. The van der Waals surface area contributed by atoms with Crippen LogP contribution in [0.5, 0.6) is 5.75 Å². The van der Waals surface area contributed by atoms with Gasteiger partial charge < -0.3 is 4.74 Å². The predicted octanol–water partition coefficient (Wildman–Crippen LogP) is 2.90. The minimum absolute atomic E-state index is 0.157. The molecule has 0 aliphatic rings. The van der Waals surface area contributed by atoms with Crippen LogP contribution in [-0.4, -0.2) is 44.4 Å². The van der Waals surface area contributed by atoms with Crippen molar-refractivity contribution in [2.75, 3.05) is 29.5 Å². The summed E-state index contributed by atoms with van der Waals surface area (Å²) in [7, 11) is -2.39. The molecule has 0 fully saturated rings. The van der Waals surface area contributed by atoms with Crippen LogP contribution in [0.25, 0.3) is 10.6 Å². The van der Waals surface area contributed by atoms with Gasteiger partial charge in [-0.3, -0.25) is 14.4 Å². The molecule has 0 saturated carbocycles. The van der Waals surface area contributed by atoms with Gasteiger partial charge in [-0.05, 0) is 36.4 Å². The highest BCUT2D eigenvalue weighted by Gasteiger charge is 2.23. The number of hydrogen-bond acceptors (Lipinski definition) is 7. The molecule has 2 aromatic carbocycles. The highest BCUT2D eigenvalue weighted by Crippen LogP contribution is 2.28. The van der Waals surface area contributed by atoms with Crippen molar-refractivity contribution in [3.63, 3.8) is 0 Å². The van der Waals surface area contributed by atoms with Gasteiger partial charge in [0.05, 0.1) is 19.1 Å². The van der Waals surface area contributed by atoms with Crippen LogP contribution in [0.4, 0.5) is 19.6 Å². The number of carbonyl (C=O) groups is 1. The van der Waals surface area contributed by atoms with Gasteiger partial charge in [0.2, 0.25) is 21.1 Å². The first-order valence-corrected chi connectivity index (χ1v) is 11.0. The summed E-state index contributed by atoms with van der Waals surface area (Å²) in [6, 6.07) is 9.61. The van der Waals surface area contributed by atoms with Crippen molar-refractivity contribution in [2.45, 2.75) is 0 Å². The lowest BCUT2D eigenvalue weighted by Gasteiger charge is -2.21. The third-order valence-corrected chi connectivity index (χ3v) is 5.92. The van der Waals surface area contributed by atoms with E-state index in [9.17, 15) is 22.0 Å². The van der Waals surface area contributed by atoms with Crippen LogP contribution in [0.2, 0.25) is 0 Å². The summed E-state index contributed by atoms with van der Waals surface area (Å²) in [5.74, 6) is -2.40. The number of methoxy groups -OCH3 is 1. The van der Waals surface area contributed by atoms with Crippen molar-refractivity contribution in [3.05, 3.63) is 54.1 Å². The molecule has 8 nitrogen and oxygen atoms in total. The minimum Gasteiger partial charge on any atom is -0.497 e. The van der Waals surface area contributed by atoms with Crippen molar-refractivity contribution < 1.29 is 26.7 Å². The number of benzene rings is 2. The normalized spacial score (nSPS) is 11.2. The molecule has 1 amide bonds. The molecule has 0 saturated heterocycles. The van der Waals surface area contributed by atoms with Gasteiger partial charge in [-0.25, -0.2) is 17.2 Å². The van der Waals surface area contributed by atoms with Gasteiger partial charge in [-0.1, -0.05) is 11.3 Å². The topological polar surface area (TPSA) is 101 Å². The first-order valence-electron chi connectivity index (χ1n) is 8.38. The Balaban J connectivity index is 1.74. The van der Waals surface area contributed by atoms with Crippen molar-refractivity contribution in [1.29, 1.82) is 0 Å². The lowest BCUT2D eigenvalue weighted by Crippen LogP contribution is -2.37. The lowest BCUT2D eigenvalue weighted by molar-refractivity contribution is -0.114. The van der Waals surface area contributed by atoms with Gasteiger partial charge in [0.25, 0.3) is 0 Å². The number of hydrogen-bond donors (Lipinski definition) is 1. The maximum atomic E-state index is 13.5. The van der Waals surface area contributed by atoms with Crippen molar-refractivity contribution in [2.24, 2.45) is 0 Å². The third-order valence-electron chi connectivity index (χ3n) is 3.89. The maximum Gasteiger partial charge on any atom is 0.246 e. The molecular weight excluding hydrogens is 438 g/mol. The molecule has 158 valence electrons. The molecule has 0 unspecified atom stereocenters. The average Bonchev–Trinajstić information content (AvgIpc) is 3.16. The number of amides is 1. The molecule has 12 heteroatoms. The molecular formula is C18H16F2N4O4S2. The Morgan fingerprint density at radius 3 is 2.43 bits per heavy atom. The largest absolute Gasteiger partial charge is 0.497 e. The van der Waals surface area contributed by atoms with E-state index in [1.54, 1.807) is 31.4 Å². The highest BCUT2D eigenvalue weighted by atomic mass is 32.2. The summed E-state index contributed by atoms with van der Waals surface area (Å²) in [4.78, 5) is 12.4. The van der Waals surface area contributed by atoms with Crippen molar-refractivity contribution in [1.82, 2.24) is 10.2 Å². The summed E-state index contributed by atoms with van der Waals surface area (Å²) in [6.07, 6.45) is 0.855. The summed E-state index contributed by atoms with van der Waals surface area (Å²) < 4.78 is 56.5. The minimum atomic E-state index is -3.94. The molecule has 0 aliphatic heterocycles. The van der Waals surface area contributed by atoms with E-state index < -0.39 is 34.1 Å². The summed E-state index contributed by atoms with van der Waals surface area (Å²) >= 11 is 1.09. The van der Waals surface area contributed by atoms with E-state index in [1.807, 2.05) is 0 Å². The molecule has 0 spiro atoms. The number of sulfonamides is 1. The van der Waals surface area contributed by atoms with E-state index in [4.69, 9.17) is 4.74 Å². The Labute approximate surface area is 175 Å². The van der Waals surface area contributed by atoms with Crippen LogP contribution < -0.4 is 14.4 Å². The molecule has 30 heavy (non-hydrogen) atoms. The number of aromatic nitrogens is 2. The molecule has 3 aromatic rings. The quantitative estimate of drug-likeness (QED) is 0.589. The number of anilines is 2. The zero-order valence-corrected chi connectivity index (χ0v) is 17.4. The Morgan fingerprint density at radius 2 is 1.83 bits per heavy atom. The first-order chi connectivity index (χ1) is 14.2. The van der Waals surface area contributed by atoms with Gasteiger partial charge in [0.15, 0.2) is 11.6 Å². The molecule has 0 atom stereocenters. The second-order valence-electron chi connectivity index (χ2n) is 6.06. The number of rotatable bonds is 7. The average molecular weight is 454 g/mol. The maximum absolute atomic E-state index is 13.5. The fourth-order valence-corrected chi connectivity index (χ4v) is 4.07. The number of nitrogens with zero attached hydrogens (tertiary/aromatic N) is 3. The van der Waals surface area contributed by atoms with E-state index in [1.165, 1.54) is 0 Å². The molecule has 1 heterocycles. The van der Waals surface area contributed by atoms with E-state index in [-0.39, 0.29) is 10.8 Å². The SMILES string of the molecule is COc1ccc(-c2nnc(NC(=O)CN(c3ccc(F)c(F)c3)S(C)(=O)=O)s2)cc1. The van der Waals surface area contributed by atoms with Gasteiger partial charge in [-0.2, -0.15) is 0 Å². The zero-order valence-electron chi connectivity index (χ0n) is 15.8. The summed E-state index contributed by atoms with van der Waals surface area (Å²) in [5.41, 5.74) is 0.580. The molecule has 1 N–H and O–H groups in total. The van der Waals surface area contributed by atoms with Crippen LogP contribution in [-0.2, 0) is 14.8 Å². The standard InChI is InChI=1S/C18H16F2N4O4S2/c1-28-13-6-3-11(4-7-13)17-22-23-18(29-17)21-16(25)10-24(30(2,26)27)12-5-8-14(19)15(20)9-12/h3-9H,10H2,1-2H3,(H,21,23,25). The summed E-state index contributed by atoms with van der Waals surface area (Å²) in [6.45, 7) is -0.651. The van der Waals surface area contributed by atoms with Gasteiger partial charge in [0, 0.05) is 11.6 Å². The number of nitrogens with one attached hydrogen (secondary N) is 1. The van der Waals surface area contributed by atoms with Crippen LogP contribution >= 0.6 is 11.3 Å². The number of halogens is 2. The smallest absolute Gasteiger partial charge is 0.246 e. The monoisotopic (exact) mass is 454 g/mol. The molecule has 0 radical (unpaired) electrons. The second-order valence-corrected chi connectivity index (χ2v) is 8.94. The van der Waals surface area contributed by atoms with Crippen LogP contribution in [0.3, 0.4) is 0 Å². The Bertz CT molecular complexity index is 1170. The number of ether oxygens (including phenoxy) is 1. The van der Waals surface area contributed by atoms with Crippen LogP contribution in [0, 0.1) is 11.6 Å². The van der Waals surface area contributed by atoms with E-state index in [0.29, 0.717) is 21.1 Å². The third kappa shape index (κ3) is 5.07. The Morgan fingerprint density at radius 1 is 1.13 bits per heavy atom. The van der Waals surface area contributed by atoms with Crippen molar-refractivity contribution in [3.8, 4) is 16.3 Å². The first kappa shape index (κ1) is 21.6. The Hall–Kier alpha value is -3.12. The second kappa shape index (κ2) is 8.71. The lowest BCUT2D eigenvalue weighted by atomic mass is 10.2. The molecule has 0 bridgehead atoms. The number of carbonyl (C=O) groups excluding carboxylic acids is 1. The molecule has 3 rings (SSSR count). The van der Waals surface area contributed by atoms with Gasteiger partial charge in [0.1, 0.15) is 17.3 Å². The highest BCUT2D eigenvalue weighted by molar-refractivity contribution is 7.92. The van der Waals surface area contributed by atoms with Crippen LogP contribution in [0.1, 0.15) is 0 Å². The van der Waals surface area contributed by atoms with Gasteiger partial charge in [-0.15, -0.1) is 10.2 Å². The fourth-order valence-electron chi connectivity index (χ4n) is 2.45. The molecule has 0 aliphatic carbocycles. The van der Waals surface area contributed by atoms with E-state index in [0.717, 1.165) is 35.3 Å². The summed E-state index contributed by atoms with van der Waals surface area (Å²) in [5, 5.41) is 11.0. The van der Waals surface area contributed by atoms with Crippen LogP contribution in [0.15, 0.2) is 42.5 Å². The van der Waals surface area contributed by atoms with Gasteiger partial charge >= 0.3 is 0 Å². The fraction of sp³-hybridized carbons (Fsp3) is 0.167. The molecule has 1 aromatic heterocycles. The van der Waals surface area contributed by atoms with E-state index in [2.05, 4.69) is 15.5 Å². The van der Waals surface area contributed by atoms with Crippen molar-refractivity contribution >= 4 is 38.1 Å². The van der Waals surface area contributed by atoms with E-state index >= 15 is 0 Å². The zero-order chi connectivity index (χ0) is 21.9. The predicted molar refractivity (Wildman–Crippen MR) is 109 cm³/mol.